The van der Waals surface area contributed by atoms with Crippen LogP contribution in [0.1, 0.15) is 12.8 Å². The van der Waals surface area contributed by atoms with Gasteiger partial charge in [0, 0.05) is 6.08 Å². The Bertz CT molecular complexity index is 237. The van der Waals surface area contributed by atoms with E-state index in [4.69, 9.17) is 5.11 Å². The number of carbonyl (C=O) groups is 2. The average molecular weight is 170 g/mol. The van der Waals surface area contributed by atoms with Crippen LogP contribution in [0.25, 0.3) is 0 Å². The van der Waals surface area contributed by atoms with Crippen LogP contribution in [0.2, 0.25) is 0 Å². The molecule has 0 saturated heterocycles. The van der Waals surface area contributed by atoms with E-state index < -0.39 is 17.4 Å². The standard InChI is InChI=1S/C8H10O4/c1-12-6(9)2-3-8(4-5-8)7(10)11/h2-3H,4-5H2,1H3,(H,10,11)/b3-2-. The smallest absolute Gasteiger partial charge is 0.330 e. The minimum absolute atomic E-state index is 0.512. The van der Waals surface area contributed by atoms with E-state index in [2.05, 4.69) is 4.74 Å². The van der Waals surface area contributed by atoms with Crippen LogP contribution >= 0.6 is 0 Å². The van der Waals surface area contributed by atoms with Gasteiger partial charge in [0.1, 0.15) is 0 Å². The molecular formula is C8H10O4. The van der Waals surface area contributed by atoms with Crippen molar-refractivity contribution in [3.05, 3.63) is 12.2 Å². The van der Waals surface area contributed by atoms with Crippen LogP contribution in [-0.2, 0) is 14.3 Å². The lowest BCUT2D eigenvalue weighted by Gasteiger charge is -2.00. The van der Waals surface area contributed by atoms with Crippen LogP contribution in [0.5, 0.6) is 0 Å². The first-order chi connectivity index (χ1) is 5.60. The predicted molar refractivity (Wildman–Crippen MR) is 40.5 cm³/mol. The molecule has 1 aliphatic carbocycles. The number of hydrogen-bond donors (Lipinski definition) is 1. The predicted octanol–water partition coefficient (Wildman–Crippen LogP) is 0.580. The maximum atomic E-state index is 10.6. The SMILES string of the molecule is COC(=O)/C=C\C1(C(=O)O)CC1. The lowest BCUT2D eigenvalue weighted by molar-refractivity contribution is -0.141. The second-order valence-corrected chi connectivity index (χ2v) is 2.82. The van der Waals surface area contributed by atoms with E-state index in [0.717, 1.165) is 0 Å². The van der Waals surface area contributed by atoms with Gasteiger partial charge in [-0.2, -0.15) is 0 Å². The highest BCUT2D eigenvalue weighted by Gasteiger charge is 2.47. The van der Waals surface area contributed by atoms with Gasteiger partial charge in [-0.25, -0.2) is 4.79 Å². The van der Waals surface area contributed by atoms with Crippen molar-refractivity contribution in [3.63, 3.8) is 0 Å². The molecule has 66 valence electrons. The summed E-state index contributed by atoms with van der Waals surface area (Å²) in [5.74, 6) is -1.38. The van der Waals surface area contributed by atoms with Gasteiger partial charge in [0.15, 0.2) is 0 Å². The fourth-order valence-corrected chi connectivity index (χ4v) is 0.882. The summed E-state index contributed by atoms with van der Waals surface area (Å²) >= 11 is 0. The number of carboxylic acid groups (broad SMARTS) is 1. The topological polar surface area (TPSA) is 63.6 Å². The summed E-state index contributed by atoms with van der Waals surface area (Å²) < 4.78 is 4.33. The van der Waals surface area contributed by atoms with Gasteiger partial charge in [0.25, 0.3) is 0 Å². The normalized spacial score (nSPS) is 19.1. The molecule has 12 heavy (non-hydrogen) atoms. The molecule has 0 aromatic carbocycles. The first-order valence-corrected chi connectivity index (χ1v) is 3.61. The third-order valence-electron chi connectivity index (χ3n) is 1.95. The van der Waals surface area contributed by atoms with E-state index in [9.17, 15) is 9.59 Å². The highest BCUT2D eigenvalue weighted by atomic mass is 16.5. The Balaban J connectivity index is 2.56. The van der Waals surface area contributed by atoms with Gasteiger partial charge in [-0.05, 0) is 12.8 Å². The zero-order valence-corrected chi connectivity index (χ0v) is 6.74. The summed E-state index contributed by atoms with van der Waals surface area (Å²) in [6.45, 7) is 0. The van der Waals surface area contributed by atoms with Crippen molar-refractivity contribution in [2.45, 2.75) is 12.8 Å². The van der Waals surface area contributed by atoms with E-state index in [1.165, 1.54) is 19.3 Å². The summed E-state index contributed by atoms with van der Waals surface area (Å²) in [5.41, 5.74) is -0.784. The minimum Gasteiger partial charge on any atom is -0.481 e. The first kappa shape index (κ1) is 8.77. The van der Waals surface area contributed by atoms with Crippen molar-refractivity contribution >= 4 is 11.9 Å². The lowest BCUT2D eigenvalue weighted by Crippen LogP contribution is -2.12. The second-order valence-electron chi connectivity index (χ2n) is 2.82. The molecule has 0 bridgehead atoms. The molecule has 1 fully saturated rings. The molecular weight excluding hydrogens is 160 g/mol. The highest BCUT2D eigenvalue weighted by molar-refractivity contribution is 5.86. The molecule has 1 rings (SSSR count). The number of rotatable bonds is 3. The molecule has 1 N–H and O–H groups in total. The highest BCUT2D eigenvalue weighted by Crippen LogP contribution is 2.47. The molecule has 0 aliphatic heterocycles. The Morgan fingerprint density at radius 2 is 2.08 bits per heavy atom. The molecule has 4 nitrogen and oxygen atoms in total. The third kappa shape index (κ3) is 1.64. The number of methoxy groups -OCH3 is 1. The van der Waals surface area contributed by atoms with Gasteiger partial charge in [-0.3, -0.25) is 4.79 Å². The molecule has 0 heterocycles. The van der Waals surface area contributed by atoms with Crippen LogP contribution in [0.4, 0.5) is 0 Å². The number of aliphatic carboxylic acids is 1. The van der Waals surface area contributed by atoms with Gasteiger partial charge in [-0.15, -0.1) is 0 Å². The van der Waals surface area contributed by atoms with Crippen LogP contribution in [0.15, 0.2) is 12.2 Å². The number of esters is 1. The fourth-order valence-electron chi connectivity index (χ4n) is 0.882. The minimum atomic E-state index is -0.873. The molecule has 0 atom stereocenters. The van der Waals surface area contributed by atoms with Crippen molar-refractivity contribution in [2.75, 3.05) is 7.11 Å². The largest absolute Gasteiger partial charge is 0.481 e. The van der Waals surface area contributed by atoms with Gasteiger partial charge in [0.05, 0.1) is 12.5 Å². The van der Waals surface area contributed by atoms with Gasteiger partial charge in [-0.1, -0.05) is 6.08 Å². The Labute approximate surface area is 69.8 Å². The second kappa shape index (κ2) is 2.97. The van der Waals surface area contributed by atoms with Crippen LogP contribution < -0.4 is 0 Å². The maximum Gasteiger partial charge on any atom is 0.330 e. The first-order valence-electron chi connectivity index (χ1n) is 3.61. The molecule has 1 saturated carbocycles. The molecule has 0 aromatic rings. The number of hydrogen-bond acceptors (Lipinski definition) is 3. The summed E-state index contributed by atoms with van der Waals surface area (Å²) in [6.07, 6.45) is 3.79. The van der Waals surface area contributed by atoms with Crippen molar-refractivity contribution in [1.82, 2.24) is 0 Å². The van der Waals surface area contributed by atoms with Crippen molar-refractivity contribution < 1.29 is 19.4 Å². The molecule has 4 heteroatoms. The van der Waals surface area contributed by atoms with E-state index >= 15 is 0 Å². The van der Waals surface area contributed by atoms with Gasteiger partial charge in [0.2, 0.25) is 0 Å². The van der Waals surface area contributed by atoms with E-state index in [-0.39, 0.29) is 0 Å². The zero-order valence-electron chi connectivity index (χ0n) is 6.74. The number of carbonyl (C=O) groups excluding carboxylic acids is 1. The van der Waals surface area contributed by atoms with Crippen molar-refractivity contribution in [2.24, 2.45) is 5.41 Å². The van der Waals surface area contributed by atoms with Crippen molar-refractivity contribution in [3.8, 4) is 0 Å². The van der Waals surface area contributed by atoms with Gasteiger partial charge >= 0.3 is 11.9 Å². The lowest BCUT2D eigenvalue weighted by atomic mass is 10.1. The Morgan fingerprint density at radius 1 is 1.50 bits per heavy atom. The van der Waals surface area contributed by atoms with Crippen LogP contribution in [0.3, 0.4) is 0 Å². The van der Waals surface area contributed by atoms with Crippen LogP contribution in [-0.4, -0.2) is 24.2 Å². The van der Waals surface area contributed by atoms with E-state index in [1.54, 1.807) is 0 Å². The van der Waals surface area contributed by atoms with E-state index in [0.29, 0.717) is 12.8 Å². The van der Waals surface area contributed by atoms with Crippen LogP contribution in [0, 0.1) is 5.41 Å². The fraction of sp³-hybridized carbons (Fsp3) is 0.500. The zero-order chi connectivity index (χ0) is 9.19. The molecule has 1 aliphatic rings. The van der Waals surface area contributed by atoms with E-state index in [1.807, 2.05) is 0 Å². The van der Waals surface area contributed by atoms with Gasteiger partial charge < -0.3 is 9.84 Å². The van der Waals surface area contributed by atoms with Crippen molar-refractivity contribution in [1.29, 1.82) is 0 Å². The monoisotopic (exact) mass is 170 g/mol. The third-order valence-corrected chi connectivity index (χ3v) is 1.95. The molecule has 0 amide bonds. The molecule has 0 radical (unpaired) electrons. The quantitative estimate of drug-likeness (QED) is 0.497. The Hall–Kier alpha value is -1.32. The number of ether oxygens (including phenoxy) is 1. The maximum absolute atomic E-state index is 10.6. The summed E-state index contributed by atoms with van der Waals surface area (Å²) in [6, 6.07) is 0. The Morgan fingerprint density at radius 3 is 2.42 bits per heavy atom. The summed E-state index contributed by atoms with van der Waals surface area (Å²) in [4.78, 5) is 21.2. The summed E-state index contributed by atoms with van der Waals surface area (Å²) in [7, 11) is 1.26. The molecule has 0 unspecified atom stereocenters. The summed E-state index contributed by atoms with van der Waals surface area (Å²) in [5, 5.41) is 8.69. The number of carboxylic acids is 1. The Kier molecular flexibility index (Phi) is 2.17. The average Bonchev–Trinajstić information content (AvgIpc) is 2.81. The molecule has 0 aromatic heterocycles. The molecule has 0 spiro atoms.